The minimum absolute atomic E-state index is 0.685. The van der Waals surface area contributed by atoms with E-state index in [0.717, 1.165) is 39.7 Å². The number of aldehydes is 1. The van der Waals surface area contributed by atoms with Gasteiger partial charge in [-0.15, -0.1) is 0 Å². The highest BCUT2D eigenvalue weighted by atomic mass is 35.5. The second-order valence-corrected chi connectivity index (χ2v) is 5.91. The molecule has 2 aromatic rings. The fourth-order valence-corrected chi connectivity index (χ4v) is 2.51. The van der Waals surface area contributed by atoms with Crippen LogP contribution in [-0.4, -0.2) is 13.1 Å². The minimum atomic E-state index is 0.685. The van der Waals surface area contributed by atoms with Crippen molar-refractivity contribution in [2.45, 2.75) is 34.6 Å². The predicted octanol–water partition coefficient (Wildman–Crippen LogP) is 6.65. The second-order valence-electron chi connectivity index (χ2n) is 5.47. The summed E-state index contributed by atoms with van der Waals surface area (Å²) in [5.41, 5.74) is 6.67. The summed E-state index contributed by atoms with van der Waals surface area (Å²) in [4.78, 5) is 19.7. The molecule has 26 heavy (non-hydrogen) atoms. The van der Waals surface area contributed by atoms with E-state index in [4.69, 9.17) is 16.4 Å². The molecule has 2 rings (SSSR count). The van der Waals surface area contributed by atoms with E-state index in [1.54, 1.807) is 0 Å². The van der Waals surface area contributed by atoms with E-state index in [9.17, 15) is 4.79 Å². The standard InChI is InChI=1S/C20H19ClO.C2H6.CH2O/c1-13(2)17-6-5-14(3)19(11-17)20(12-22)15(4)16-7-9-18(21)10-8-16;2*1-2/h5-12H,1H2,2-4H3;1-2H3;1H2/b20-15-;;. The van der Waals surface area contributed by atoms with Crippen LogP contribution < -0.4 is 0 Å². The second kappa shape index (κ2) is 12.0. The van der Waals surface area contributed by atoms with Crippen molar-refractivity contribution >= 4 is 41.4 Å². The summed E-state index contributed by atoms with van der Waals surface area (Å²) >= 11 is 5.93. The first-order valence-corrected chi connectivity index (χ1v) is 8.79. The summed E-state index contributed by atoms with van der Waals surface area (Å²) in [5, 5.41) is 0.685. The summed E-state index contributed by atoms with van der Waals surface area (Å²) in [5.74, 6) is 0. The fourth-order valence-electron chi connectivity index (χ4n) is 2.39. The van der Waals surface area contributed by atoms with Crippen LogP contribution in [0.4, 0.5) is 0 Å². The number of carbonyl (C=O) groups is 2. The maximum atomic E-state index is 11.7. The van der Waals surface area contributed by atoms with Crippen molar-refractivity contribution in [3.63, 3.8) is 0 Å². The molecule has 0 spiro atoms. The lowest BCUT2D eigenvalue weighted by atomic mass is 9.91. The van der Waals surface area contributed by atoms with E-state index in [1.165, 1.54) is 0 Å². The van der Waals surface area contributed by atoms with Crippen molar-refractivity contribution in [3.05, 3.63) is 76.3 Å². The summed E-state index contributed by atoms with van der Waals surface area (Å²) in [6, 6.07) is 13.6. The van der Waals surface area contributed by atoms with E-state index in [1.807, 2.05) is 83.9 Å². The molecule has 0 aliphatic carbocycles. The maximum absolute atomic E-state index is 11.7. The van der Waals surface area contributed by atoms with Crippen LogP contribution in [0.1, 0.15) is 49.9 Å². The third-order valence-electron chi connectivity index (χ3n) is 3.82. The van der Waals surface area contributed by atoms with Crippen LogP contribution in [-0.2, 0) is 9.59 Å². The van der Waals surface area contributed by atoms with Crippen LogP contribution in [0.15, 0.2) is 49.0 Å². The third kappa shape index (κ3) is 6.12. The van der Waals surface area contributed by atoms with Crippen LogP contribution in [0, 0.1) is 6.92 Å². The first kappa shape index (κ1) is 23.5. The molecule has 2 aromatic carbocycles. The monoisotopic (exact) mass is 370 g/mol. The highest BCUT2D eigenvalue weighted by molar-refractivity contribution is 6.30. The molecule has 0 aliphatic heterocycles. The van der Waals surface area contributed by atoms with Gasteiger partial charge >= 0.3 is 0 Å². The number of hydrogen-bond acceptors (Lipinski definition) is 2. The molecule has 0 heterocycles. The van der Waals surface area contributed by atoms with Crippen LogP contribution in [0.25, 0.3) is 16.7 Å². The minimum Gasteiger partial charge on any atom is -0.307 e. The predicted molar refractivity (Wildman–Crippen MR) is 114 cm³/mol. The van der Waals surface area contributed by atoms with Crippen LogP contribution in [0.2, 0.25) is 5.02 Å². The Morgan fingerprint density at radius 2 is 1.46 bits per heavy atom. The van der Waals surface area contributed by atoms with Crippen molar-refractivity contribution in [1.82, 2.24) is 0 Å². The number of benzene rings is 2. The van der Waals surface area contributed by atoms with Crippen LogP contribution in [0.5, 0.6) is 0 Å². The fraction of sp³-hybridized carbons (Fsp3) is 0.217. The molecule has 0 saturated carbocycles. The van der Waals surface area contributed by atoms with E-state index in [0.29, 0.717) is 10.6 Å². The Hall–Kier alpha value is -2.45. The number of rotatable bonds is 4. The molecule has 2 nitrogen and oxygen atoms in total. The zero-order valence-electron chi connectivity index (χ0n) is 16.2. The van der Waals surface area contributed by atoms with Gasteiger partial charge in [0, 0.05) is 10.6 Å². The van der Waals surface area contributed by atoms with Crippen molar-refractivity contribution in [2.75, 3.05) is 0 Å². The molecule has 0 unspecified atom stereocenters. The number of allylic oxidation sites excluding steroid dienone is 3. The van der Waals surface area contributed by atoms with Gasteiger partial charge in [0.05, 0.1) is 0 Å². The molecule has 0 amide bonds. The largest absolute Gasteiger partial charge is 0.307 e. The van der Waals surface area contributed by atoms with Gasteiger partial charge in [-0.2, -0.15) is 0 Å². The summed E-state index contributed by atoms with van der Waals surface area (Å²) in [7, 11) is 0. The molecule has 0 atom stereocenters. The third-order valence-corrected chi connectivity index (χ3v) is 4.07. The molecule has 0 radical (unpaired) electrons. The van der Waals surface area contributed by atoms with Crippen molar-refractivity contribution in [3.8, 4) is 0 Å². The summed E-state index contributed by atoms with van der Waals surface area (Å²) < 4.78 is 0. The maximum Gasteiger partial charge on any atom is 0.150 e. The number of hydrogen-bond donors (Lipinski definition) is 0. The lowest BCUT2D eigenvalue weighted by Crippen LogP contribution is -1.96. The van der Waals surface area contributed by atoms with Gasteiger partial charge in [0.1, 0.15) is 6.79 Å². The molecule has 3 heteroatoms. The highest BCUT2D eigenvalue weighted by Crippen LogP contribution is 2.29. The molecule has 0 aliphatic rings. The average molecular weight is 371 g/mol. The molecule has 138 valence electrons. The number of aryl methyl sites for hydroxylation is 1. The Kier molecular flexibility index (Phi) is 10.9. The van der Waals surface area contributed by atoms with E-state index < -0.39 is 0 Å². The molecule has 0 saturated heterocycles. The summed E-state index contributed by atoms with van der Waals surface area (Å²) in [6.45, 7) is 15.9. The Balaban J connectivity index is 0.00000146. The van der Waals surface area contributed by atoms with Crippen molar-refractivity contribution in [1.29, 1.82) is 0 Å². The van der Waals surface area contributed by atoms with Gasteiger partial charge < -0.3 is 4.79 Å². The number of halogens is 1. The smallest absolute Gasteiger partial charge is 0.150 e. The lowest BCUT2D eigenvalue weighted by molar-refractivity contribution is -0.103. The van der Waals surface area contributed by atoms with Crippen molar-refractivity contribution in [2.24, 2.45) is 0 Å². The summed E-state index contributed by atoms with van der Waals surface area (Å²) in [6.07, 6.45) is 0.925. The van der Waals surface area contributed by atoms with Crippen LogP contribution >= 0.6 is 11.6 Å². The molecule has 0 N–H and O–H groups in total. The molecule has 0 fully saturated rings. The molecular weight excluding hydrogens is 344 g/mol. The van der Waals surface area contributed by atoms with Gasteiger partial charge in [-0.1, -0.05) is 61.9 Å². The Morgan fingerprint density at radius 1 is 0.962 bits per heavy atom. The molecule has 0 aromatic heterocycles. The topological polar surface area (TPSA) is 34.1 Å². The van der Waals surface area contributed by atoms with Crippen LogP contribution in [0.3, 0.4) is 0 Å². The zero-order chi connectivity index (χ0) is 20.3. The van der Waals surface area contributed by atoms with E-state index in [2.05, 4.69) is 6.58 Å². The van der Waals surface area contributed by atoms with Crippen molar-refractivity contribution < 1.29 is 9.59 Å². The quantitative estimate of drug-likeness (QED) is 0.343. The Morgan fingerprint density at radius 3 is 1.92 bits per heavy atom. The van der Waals surface area contributed by atoms with Gasteiger partial charge in [0.15, 0.2) is 6.29 Å². The number of carbonyl (C=O) groups excluding carboxylic acids is 2. The lowest BCUT2D eigenvalue weighted by Gasteiger charge is -2.12. The van der Waals surface area contributed by atoms with Gasteiger partial charge in [-0.05, 0) is 66.8 Å². The Labute approximate surface area is 162 Å². The first-order chi connectivity index (χ1) is 12.4. The SMILES string of the molecule is C=C(C)c1ccc(C)c(/C(C=O)=C(/C)c2ccc(Cl)cc2)c1.C=O.CC. The van der Waals surface area contributed by atoms with E-state index in [-0.39, 0.29) is 0 Å². The molecular formula is C23H27ClO2. The van der Waals surface area contributed by atoms with Gasteiger partial charge in [-0.3, -0.25) is 4.79 Å². The average Bonchev–Trinajstić information content (AvgIpc) is 2.67. The van der Waals surface area contributed by atoms with Gasteiger partial charge in [0.25, 0.3) is 0 Å². The molecule has 0 bridgehead atoms. The van der Waals surface area contributed by atoms with Gasteiger partial charge in [-0.25, -0.2) is 0 Å². The highest BCUT2D eigenvalue weighted by Gasteiger charge is 2.11. The van der Waals surface area contributed by atoms with E-state index >= 15 is 0 Å². The normalized spacial score (nSPS) is 10.4. The Bertz CT molecular complexity index is 771. The van der Waals surface area contributed by atoms with Gasteiger partial charge in [0.2, 0.25) is 0 Å². The first-order valence-electron chi connectivity index (χ1n) is 8.41. The zero-order valence-corrected chi connectivity index (χ0v) is 17.0.